The molecular formula is C38H43F3N8O. The van der Waals surface area contributed by atoms with Crippen molar-refractivity contribution in [3.63, 3.8) is 0 Å². The Kier molecular flexibility index (Phi) is 8.07. The molecule has 0 radical (unpaired) electrons. The molecule has 3 unspecified atom stereocenters. The van der Waals surface area contributed by atoms with Crippen LogP contribution in [0, 0.1) is 23.1 Å². The first-order chi connectivity index (χ1) is 24.0. The number of anilines is 1. The van der Waals surface area contributed by atoms with Crippen LogP contribution in [0.1, 0.15) is 54.2 Å². The zero-order valence-electron chi connectivity index (χ0n) is 29.1. The van der Waals surface area contributed by atoms with Gasteiger partial charge in [0.15, 0.2) is 11.6 Å². The topological polar surface area (TPSA) is 93.3 Å². The van der Waals surface area contributed by atoms with Crippen LogP contribution in [0.4, 0.5) is 19.0 Å². The molecule has 50 heavy (non-hydrogen) atoms. The fraction of sp³-hybridized carbons (Fsp3) is 0.526. The molecule has 0 spiro atoms. The number of benzene rings is 2. The fourth-order valence-corrected chi connectivity index (χ4v) is 8.64. The molecular weight excluding hydrogens is 641 g/mol. The second kappa shape index (κ2) is 12.2. The zero-order valence-corrected chi connectivity index (χ0v) is 29.1. The number of rotatable bonds is 9. The molecule has 9 rings (SSSR count). The Bertz CT molecular complexity index is 2050. The van der Waals surface area contributed by atoms with E-state index >= 15 is 4.39 Å². The number of fused-ring (bicyclic) bond motifs is 5. The first kappa shape index (κ1) is 33.0. The van der Waals surface area contributed by atoms with Crippen LogP contribution in [0.25, 0.3) is 33.1 Å². The number of imidazole rings is 1. The number of amides is 1. The van der Waals surface area contributed by atoms with Crippen LogP contribution in [-0.2, 0) is 30.5 Å². The second-order valence-corrected chi connectivity index (χ2v) is 15.1. The fourth-order valence-electron chi connectivity index (χ4n) is 8.64. The average Bonchev–Trinajstić information content (AvgIpc) is 3.78. The van der Waals surface area contributed by atoms with Crippen molar-refractivity contribution < 1.29 is 18.0 Å². The Labute approximate surface area is 290 Å². The van der Waals surface area contributed by atoms with E-state index in [-0.39, 0.29) is 61.2 Å². The molecule has 5 heterocycles. The largest absolute Gasteiger partial charge is 0.351 e. The molecule has 1 saturated carbocycles. The summed E-state index contributed by atoms with van der Waals surface area (Å²) in [7, 11) is 7.57. The lowest BCUT2D eigenvalue weighted by molar-refractivity contribution is -0.128. The summed E-state index contributed by atoms with van der Waals surface area (Å²) < 4.78 is 49.6. The number of carbonyl (C=O) groups excluding carboxylic acids is 1. The van der Waals surface area contributed by atoms with Crippen molar-refractivity contribution in [3.8, 4) is 17.2 Å². The lowest BCUT2D eigenvalue weighted by Crippen LogP contribution is -2.57. The van der Waals surface area contributed by atoms with Gasteiger partial charge in [0.05, 0.1) is 17.6 Å². The summed E-state index contributed by atoms with van der Waals surface area (Å²) in [6, 6.07) is 10.2. The Balaban J connectivity index is 1.40. The van der Waals surface area contributed by atoms with Gasteiger partial charge in [0.25, 0.3) is 5.92 Å². The van der Waals surface area contributed by atoms with E-state index in [0.717, 1.165) is 29.9 Å². The molecule has 1 N–H and O–H groups in total. The monoisotopic (exact) mass is 684 g/mol. The number of nitrogens with zero attached hydrogens (tertiary/aromatic N) is 7. The summed E-state index contributed by atoms with van der Waals surface area (Å²) >= 11 is 0. The van der Waals surface area contributed by atoms with E-state index in [1.807, 2.05) is 32.3 Å². The quantitative estimate of drug-likeness (QED) is 0.257. The van der Waals surface area contributed by atoms with Gasteiger partial charge in [-0.25, -0.2) is 23.1 Å². The molecule has 1 amide bonds. The maximum atomic E-state index is 17.6. The maximum absolute atomic E-state index is 17.6. The standard InChI is InChI=1S/C38H43F3N8O/c1-46(2)24-19-48(20-24)37-34-36(49(35-23-16-28(35)43-18-23)29(44-34)10-11-30(50)47(3)4)26-15-22(8-6-14-42)31(32(39)33(26)45-37)25-9-5-7-21-12-13-38(40,41)17-27(21)25/h5,7,9,15,23-24,28,35,43H,6,8,10-13,16-20H2,1-4H3. The lowest BCUT2D eigenvalue weighted by atomic mass is 9.79. The summed E-state index contributed by atoms with van der Waals surface area (Å²) in [6.07, 6.45) is 1.69. The molecule has 3 saturated heterocycles. The first-order valence-electron chi connectivity index (χ1n) is 17.7. The Morgan fingerprint density at radius 1 is 1.14 bits per heavy atom. The van der Waals surface area contributed by atoms with Crippen molar-refractivity contribution in [3.05, 3.63) is 52.6 Å². The molecule has 3 aliphatic heterocycles. The van der Waals surface area contributed by atoms with Crippen LogP contribution >= 0.6 is 0 Å². The number of pyridine rings is 1. The molecule has 2 aromatic heterocycles. The van der Waals surface area contributed by atoms with Crippen LogP contribution < -0.4 is 10.2 Å². The third-order valence-corrected chi connectivity index (χ3v) is 11.6. The van der Waals surface area contributed by atoms with Gasteiger partial charge < -0.3 is 24.6 Å². The van der Waals surface area contributed by atoms with Crippen molar-refractivity contribution >= 4 is 33.7 Å². The highest BCUT2D eigenvalue weighted by Gasteiger charge is 2.49. The van der Waals surface area contributed by atoms with Gasteiger partial charge in [0, 0.05) is 88.9 Å². The van der Waals surface area contributed by atoms with E-state index in [1.54, 1.807) is 25.1 Å². The molecule has 4 fully saturated rings. The Morgan fingerprint density at radius 3 is 2.62 bits per heavy atom. The van der Waals surface area contributed by atoms with E-state index in [4.69, 9.17) is 9.97 Å². The van der Waals surface area contributed by atoms with Gasteiger partial charge in [-0.2, -0.15) is 5.26 Å². The first-order valence-corrected chi connectivity index (χ1v) is 17.7. The molecule has 2 aliphatic carbocycles. The third kappa shape index (κ3) is 5.32. The smallest absolute Gasteiger partial charge is 0.252 e. The number of aryl methyl sites for hydroxylation is 3. The number of carbonyl (C=O) groups is 1. The van der Waals surface area contributed by atoms with E-state index in [1.165, 1.54) is 0 Å². The van der Waals surface area contributed by atoms with Crippen LogP contribution in [0.3, 0.4) is 0 Å². The van der Waals surface area contributed by atoms with Crippen molar-refractivity contribution in [1.82, 2.24) is 29.7 Å². The minimum atomic E-state index is -2.88. The highest BCUT2D eigenvalue weighted by atomic mass is 19.3. The SMILES string of the molecule is CN(C)C(=O)CCc1nc2c(N3CC(N(C)C)C3)nc3c(F)c(-c4cccc5c4CC(F)(F)CC5)c(CCC#N)cc3c2n1C1C2CNC1C2. The summed E-state index contributed by atoms with van der Waals surface area (Å²) in [4.78, 5) is 29.0. The normalized spacial score (nSPS) is 22.5. The van der Waals surface area contributed by atoms with Gasteiger partial charge >= 0.3 is 0 Å². The van der Waals surface area contributed by atoms with E-state index in [2.05, 4.69) is 25.8 Å². The average molecular weight is 685 g/mol. The van der Waals surface area contributed by atoms with Gasteiger partial charge in [0.2, 0.25) is 5.91 Å². The maximum Gasteiger partial charge on any atom is 0.252 e. The molecule has 9 nitrogen and oxygen atoms in total. The van der Waals surface area contributed by atoms with Crippen molar-refractivity contribution in [1.29, 1.82) is 5.26 Å². The number of nitrogens with one attached hydrogen (secondary N) is 1. The highest BCUT2D eigenvalue weighted by molar-refractivity contribution is 6.09. The van der Waals surface area contributed by atoms with Gasteiger partial charge in [-0.3, -0.25) is 4.79 Å². The molecule has 262 valence electrons. The molecule has 12 heteroatoms. The summed E-state index contributed by atoms with van der Waals surface area (Å²) in [5.74, 6) is -1.67. The number of nitriles is 1. The molecule has 4 aromatic rings. The van der Waals surface area contributed by atoms with Gasteiger partial charge in [0.1, 0.15) is 16.9 Å². The number of halogens is 3. The number of hydrogen-bond donors (Lipinski definition) is 1. The number of alkyl halides is 2. The van der Waals surface area contributed by atoms with Crippen molar-refractivity contribution in [2.45, 2.75) is 75.4 Å². The van der Waals surface area contributed by atoms with Crippen LogP contribution in [0.5, 0.6) is 0 Å². The van der Waals surface area contributed by atoms with Gasteiger partial charge in [-0.1, -0.05) is 18.2 Å². The van der Waals surface area contributed by atoms with Gasteiger partial charge in [-0.05, 0) is 67.6 Å². The lowest BCUT2D eigenvalue weighted by Gasteiger charge is -2.43. The molecule has 2 aromatic carbocycles. The number of aromatic nitrogens is 3. The Morgan fingerprint density at radius 2 is 1.94 bits per heavy atom. The van der Waals surface area contributed by atoms with Crippen molar-refractivity contribution in [2.75, 3.05) is 52.7 Å². The molecule has 2 bridgehead atoms. The van der Waals surface area contributed by atoms with Crippen LogP contribution in [0.2, 0.25) is 0 Å². The Hall–Kier alpha value is -4.21. The number of hydrogen-bond acceptors (Lipinski definition) is 7. The van der Waals surface area contributed by atoms with Crippen LogP contribution in [0.15, 0.2) is 24.3 Å². The highest BCUT2D eigenvalue weighted by Crippen LogP contribution is 2.49. The summed E-state index contributed by atoms with van der Waals surface area (Å²) in [5, 5.41) is 13.9. The molecule has 5 aliphatic rings. The third-order valence-electron chi connectivity index (χ3n) is 11.6. The van der Waals surface area contributed by atoms with Gasteiger partial charge in [-0.15, -0.1) is 0 Å². The number of likely N-dealkylation sites (N-methyl/N-ethyl adjacent to an activating group) is 1. The van der Waals surface area contributed by atoms with E-state index in [0.29, 0.717) is 64.9 Å². The van der Waals surface area contributed by atoms with E-state index < -0.39 is 18.2 Å². The predicted molar refractivity (Wildman–Crippen MR) is 187 cm³/mol. The predicted octanol–water partition coefficient (Wildman–Crippen LogP) is 5.27. The zero-order chi connectivity index (χ0) is 35.1. The second-order valence-electron chi connectivity index (χ2n) is 15.1. The minimum Gasteiger partial charge on any atom is -0.351 e. The minimum absolute atomic E-state index is 0.00401. The molecule has 3 atom stereocenters. The van der Waals surface area contributed by atoms with Crippen molar-refractivity contribution in [2.24, 2.45) is 5.92 Å². The van der Waals surface area contributed by atoms with Crippen LogP contribution in [-0.4, -0.2) is 96.1 Å². The summed E-state index contributed by atoms with van der Waals surface area (Å²) in [5.41, 5.74) is 4.22. The van der Waals surface area contributed by atoms with E-state index in [9.17, 15) is 18.8 Å². The summed E-state index contributed by atoms with van der Waals surface area (Å²) in [6.45, 7) is 2.29.